The van der Waals surface area contributed by atoms with E-state index in [1.807, 2.05) is 0 Å². The topological polar surface area (TPSA) is 76.7 Å². The molecule has 9 heteroatoms. The van der Waals surface area contributed by atoms with Crippen LogP contribution >= 0.6 is 11.3 Å². The highest BCUT2D eigenvalue weighted by atomic mass is 32.1. The third-order valence-electron chi connectivity index (χ3n) is 3.91. The van der Waals surface area contributed by atoms with Crippen LogP contribution in [0.1, 0.15) is 28.8 Å². The van der Waals surface area contributed by atoms with E-state index in [9.17, 15) is 18.4 Å². The Bertz CT molecular complexity index is 894. The van der Waals surface area contributed by atoms with Crippen molar-refractivity contribution in [1.82, 2.24) is 5.32 Å². The molecular weight excluding hydrogens is 390 g/mol. The molecule has 0 spiro atoms. The first kappa shape index (κ1) is 19.8. The fourth-order valence-corrected chi connectivity index (χ4v) is 3.22. The lowest BCUT2D eigenvalue weighted by atomic mass is 10.1. The predicted molar refractivity (Wildman–Crippen MR) is 102 cm³/mol. The van der Waals surface area contributed by atoms with Gasteiger partial charge in [-0.3, -0.25) is 9.59 Å². The van der Waals surface area contributed by atoms with Gasteiger partial charge in [-0.2, -0.15) is 8.78 Å². The molecule has 1 aromatic carbocycles. The fraction of sp³-hybridized carbons (Fsp3) is 0.263. The minimum absolute atomic E-state index is 0.125. The van der Waals surface area contributed by atoms with Gasteiger partial charge >= 0.3 is 6.61 Å². The Morgan fingerprint density at radius 1 is 1.29 bits per heavy atom. The summed E-state index contributed by atoms with van der Waals surface area (Å²) in [4.78, 5) is 24.4. The molecule has 0 unspecified atom stereocenters. The molecule has 28 heavy (non-hydrogen) atoms. The van der Waals surface area contributed by atoms with Crippen molar-refractivity contribution in [2.75, 3.05) is 12.4 Å². The van der Waals surface area contributed by atoms with Crippen LogP contribution in [0.4, 0.5) is 13.8 Å². The van der Waals surface area contributed by atoms with E-state index in [0.29, 0.717) is 10.6 Å². The zero-order valence-electron chi connectivity index (χ0n) is 14.9. The molecule has 2 N–H and O–H groups in total. The van der Waals surface area contributed by atoms with Gasteiger partial charge in [0.2, 0.25) is 5.91 Å². The number of hydrogen-bond acceptors (Lipinski definition) is 5. The molecule has 0 radical (unpaired) electrons. The van der Waals surface area contributed by atoms with Gasteiger partial charge in [0.05, 0.1) is 12.7 Å². The smallest absolute Gasteiger partial charge is 0.387 e. The minimum Gasteiger partial charge on any atom is -0.493 e. The first-order chi connectivity index (χ1) is 13.5. The quantitative estimate of drug-likeness (QED) is 0.650. The van der Waals surface area contributed by atoms with Crippen molar-refractivity contribution < 1.29 is 27.8 Å². The summed E-state index contributed by atoms with van der Waals surface area (Å²) in [6, 6.07) is 6.43. The van der Waals surface area contributed by atoms with Crippen molar-refractivity contribution in [2.24, 2.45) is 0 Å². The van der Waals surface area contributed by atoms with Crippen LogP contribution in [-0.4, -0.2) is 31.6 Å². The number of ether oxygens (including phenoxy) is 2. The molecule has 6 nitrogen and oxygen atoms in total. The number of anilines is 1. The predicted octanol–water partition coefficient (Wildman–Crippen LogP) is 3.90. The molecule has 1 aromatic heterocycles. The summed E-state index contributed by atoms with van der Waals surface area (Å²) in [5.74, 6) is -0.776. The van der Waals surface area contributed by atoms with E-state index in [2.05, 4.69) is 15.4 Å². The van der Waals surface area contributed by atoms with E-state index >= 15 is 0 Å². The Balaban J connectivity index is 1.71. The lowest BCUT2D eigenvalue weighted by Gasteiger charge is -2.12. The van der Waals surface area contributed by atoms with Gasteiger partial charge in [-0.1, -0.05) is 12.1 Å². The second-order valence-electron chi connectivity index (χ2n) is 5.99. The van der Waals surface area contributed by atoms with E-state index in [1.165, 1.54) is 42.7 Å². The highest BCUT2D eigenvalue weighted by molar-refractivity contribution is 7.14. The van der Waals surface area contributed by atoms with Crippen LogP contribution in [0.5, 0.6) is 11.5 Å². The van der Waals surface area contributed by atoms with Crippen molar-refractivity contribution in [3.8, 4) is 11.5 Å². The number of amides is 2. The Labute approximate surface area is 164 Å². The van der Waals surface area contributed by atoms with Crippen molar-refractivity contribution in [3.05, 3.63) is 46.8 Å². The van der Waals surface area contributed by atoms with Gasteiger partial charge in [0, 0.05) is 17.7 Å². The van der Waals surface area contributed by atoms with Crippen LogP contribution in [-0.2, 0) is 4.79 Å². The van der Waals surface area contributed by atoms with Crippen LogP contribution in [0.3, 0.4) is 0 Å². The van der Waals surface area contributed by atoms with Gasteiger partial charge in [0.25, 0.3) is 5.91 Å². The molecule has 1 saturated carbocycles. The van der Waals surface area contributed by atoms with E-state index in [0.717, 1.165) is 12.8 Å². The van der Waals surface area contributed by atoms with Gasteiger partial charge in [-0.15, -0.1) is 11.3 Å². The monoisotopic (exact) mass is 408 g/mol. The summed E-state index contributed by atoms with van der Waals surface area (Å²) in [6.45, 7) is -3.03. The van der Waals surface area contributed by atoms with Gasteiger partial charge in [-0.05, 0) is 36.4 Å². The maximum absolute atomic E-state index is 12.7. The number of halogens is 2. The summed E-state index contributed by atoms with van der Waals surface area (Å²) < 4.78 is 34.9. The molecule has 1 aliphatic carbocycles. The number of carbonyl (C=O) groups excluding carboxylic acids is 2. The highest BCUT2D eigenvalue weighted by Crippen LogP contribution is 2.33. The van der Waals surface area contributed by atoms with Crippen LogP contribution < -0.4 is 20.1 Å². The van der Waals surface area contributed by atoms with Crippen molar-refractivity contribution >= 4 is 34.2 Å². The summed E-state index contributed by atoms with van der Waals surface area (Å²) >= 11 is 1.22. The molecule has 148 valence electrons. The summed E-state index contributed by atoms with van der Waals surface area (Å²) in [5.41, 5.74) is 0.648. The van der Waals surface area contributed by atoms with Gasteiger partial charge in [-0.25, -0.2) is 0 Å². The third-order valence-corrected chi connectivity index (χ3v) is 4.74. The number of carbonyl (C=O) groups is 2. The standard InChI is InChI=1S/C19H18F2N2O4S/c1-26-14-4-2-3-11(16(14)27-19(20)21)5-8-15(24)23-18-13(9-10-28-18)17(25)22-12-6-7-12/h2-5,8-10,12,19H,6-7H2,1H3,(H,22,25)(H,23,24). The molecule has 0 atom stereocenters. The summed E-state index contributed by atoms with van der Waals surface area (Å²) in [7, 11) is 1.33. The number of alkyl halides is 2. The molecule has 0 saturated heterocycles. The van der Waals surface area contributed by atoms with Crippen LogP contribution in [0, 0.1) is 0 Å². The van der Waals surface area contributed by atoms with Crippen LogP contribution in [0.2, 0.25) is 0 Å². The Kier molecular flexibility index (Phi) is 6.25. The maximum Gasteiger partial charge on any atom is 0.387 e. The first-order valence-electron chi connectivity index (χ1n) is 8.47. The largest absolute Gasteiger partial charge is 0.493 e. The summed E-state index contributed by atoms with van der Waals surface area (Å²) in [6.07, 6.45) is 4.44. The molecular formula is C19H18F2N2O4S. The second kappa shape index (κ2) is 8.83. The molecule has 0 aliphatic heterocycles. The van der Waals surface area contributed by atoms with Crippen LogP contribution in [0.15, 0.2) is 35.7 Å². The van der Waals surface area contributed by atoms with Gasteiger partial charge < -0.3 is 20.1 Å². The maximum atomic E-state index is 12.7. The Morgan fingerprint density at radius 3 is 2.75 bits per heavy atom. The molecule has 1 aliphatic rings. The average molecular weight is 408 g/mol. The minimum atomic E-state index is -3.03. The molecule has 0 bridgehead atoms. The Hall–Kier alpha value is -2.94. The number of nitrogens with one attached hydrogen (secondary N) is 2. The number of hydrogen-bond donors (Lipinski definition) is 2. The SMILES string of the molecule is COc1cccc(C=CC(=O)Nc2sccc2C(=O)NC2CC2)c1OC(F)F. The highest BCUT2D eigenvalue weighted by Gasteiger charge is 2.25. The number of thiophene rings is 1. The normalized spacial score (nSPS) is 13.6. The van der Waals surface area contributed by atoms with Crippen molar-refractivity contribution in [1.29, 1.82) is 0 Å². The van der Waals surface area contributed by atoms with Crippen molar-refractivity contribution in [2.45, 2.75) is 25.5 Å². The van der Waals surface area contributed by atoms with E-state index in [-0.39, 0.29) is 29.0 Å². The third kappa shape index (κ3) is 5.07. The molecule has 1 heterocycles. The van der Waals surface area contributed by atoms with E-state index < -0.39 is 12.5 Å². The van der Waals surface area contributed by atoms with E-state index in [1.54, 1.807) is 17.5 Å². The lowest BCUT2D eigenvalue weighted by molar-refractivity contribution is -0.111. The summed E-state index contributed by atoms with van der Waals surface area (Å²) in [5, 5.41) is 7.62. The lowest BCUT2D eigenvalue weighted by Crippen LogP contribution is -2.26. The number of methoxy groups -OCH3 is 1. The Morgan fingerprint density at radius 2 is 2.07 bits per heavy atom. The molecule has 2 aromatic rings. The zero-order chi connectivity index (χ0) is 20.1. The van der Waals surface area contributed by atoms with Crippen LogP contribution in [0.25, 0.3) is 6.08 Å². The number of benzene rings is 1. The van der Waals surface area contributed by atoms with E-state index in [4.69, 9.17) is 4.74 Å². The first-order valence-corrected chi connectivity index (χ1v) is 9.35. The van der Waals surface area contributed by atoms with Crippen molar-refractivity contribution in [3.63, 3.8) is 0 Å². The molecule has 2 amide bonds. The van der Waals surface area contributed by atoms with Gasteiger partial charge in [0.1, 0.15) is 5.00 Å². The average Bonchev–Trinajstić information content (AvgIpc) is 3.35. The molecule has 3 rings (SSSR count). The molecule has 1 fully saturated rings. The van der Waals surface area contributed by atoms with Gasteiger partial charge in [0.15, 0.2) is 11.5 Å². The number of rotatable bonds is 8. The zero-order valence-corrected chi connectivity index (χ0v) is 15.7. The second-order valence-corrected chi connectivity index (χ2v) is 6.91. The number of para-hydroxylation sites is 1. The fourth-order valence-electron chi connectivity index (χ4n) is 2.43.